The van der Waals surface area contributed by atoms with Crippen molar-refractivity contribution in [3.63, 3.8) is 0 Å². The number of benzene rings is 1. The van der Waals surface area contributed by atoms with Crippen LogP contribution in [0.15, 0.2) is 42.7 Å². The van der Waals surface area contributed by atoms with Crippen LogP contribution < -0.4 is 4.74 Å². The highest BCUT2D eigenvalue weighted by Gasteiger charge is 2.24. The summed E-state index contributed by atoms with van der Waals surface area (Å²) in [4.78, 5) is 33.3. The summed E-state index contributed by atoms with van der Waals surface area (Å²) in [5.41, 5.74) is 2.40. The van der Waals surface area contributed by atoms with Crippen LogP contribution in [-0.4, -0.2) is 59.4 Å². The van der Waals surface area contributed by atoms with Gasteiger partial charge in [-0.1, -0.05) is 0 Å². The van der Waals surface area contributed by atoms with Gasteiger partial charge in [-0.25, -0.2) is 0 Å². The van der Waals surface area contributed by atoms with Crippen molar-refractivity contribution in [2.75, 3.05) is 32.8 Å². The maximum Gasteiger partial charge on any atom is 0.255 e. The van der Waals surface area contributed by atoms with Gasteiger partial charge in [0.2, 0.25) is 0 Å². The first-order valence-corrected chi connectivity index (χ1v) is 9.47. The number of pyridine rings is 1. The topological polar surface area (TPSA) is 62.7 Å². The number of aromatic nitrogens is 1. The van der Waals surface area contributed by atoms with Crippen molar-refractivity contribution in [3.8, 4) is 5.75 Å². The van der Waals surface area contributed by atoms with E-state index in [0.29, 0.717) is 37.3 Å². The molecule has 0 radical (unpaired) electrons. The summed E-state index contributed by atoms with van der Waals surface area (Å²) in [6.07, 6.45) is 5.95. The van der Waals surface area contributed by atoms with Crippen molar-refractivity contribution in [2.45, 2.75) is 19.3 Å². The molecule has 1 aromatic carbocycles. The van der Waals surface area contributed by atoms with E-state index >= 15 is 0 Å². The Morgan fingerprint density at radius 1 is 0.926 bits per heavy atom. The molecule has 0 atom stereocenters. The van der Waals surface area contributed by atoms with Gasteiger partial charge in [0.05, 0.1) is 12.2 Å². The minimum Gasteiger partial charge on any atom is -0.493 e. The Morgan fingerprint density at radius 2 is 1.70 bits per heavy atom. The number of carbonyl (C=O) groups excluding carboxylic acids is 2. The Bertz CT molecular complexity index is 838. The van der Waals surface area contributed by atoms with Gasteiger partial charge in [-0.15, -0.1) is 0 Å². The van der Waals surface area contributed by atoms with E-state index in [1.54, 1.807) is 24.5 Å². The van der Waals surface area contributed by atoms with Crippen molar-refractivity contribution < 1.29 is 14.3 Å². The summed E-state index contributed by atoms with van der Waals surface area (Å²) in [5.74, 6) is 0.893. The summed E-state index contributed by atoms with van der Waals surface area (Å²) in [6, 6.07) is 9.24. The number of ether oxygens (including phenoxy) is 1. The van der Waals surface area contributed by atoms with Gasteiger partial charge in [0.15, 0.2) is 0 Å². The Balaban J connectivity index is 1.43. The zero-order chi connectivity index (χ0) is 18.6. The van der Waals surface area contributed by atoms with E-state index in [0.717, 1.165) is 37.2 Å². The number of hydrogen-bond acceptors (Lipinski definition) is 4. The van der Waals surface area contributed by atoms with Crippen LogP contribution in [0.25, 0.3) is 0 Å². The van der Waals surface area contributed by atoms with Gasteiger partial charge >= 0.3 is 0 Å². The van der Waals surface area contributed by atoms with Gasteiger partial charge in [-0.3, -0.25) is 14.6 Å². The highest BCUT2D eigenvalue weighted by atomic mass is 16.5. The lowest BCUT2D eigenvalue weighted by Crippen LogP contribution is -2.37. The SMILES string of the molecule is O=C(c1cccnc1)N1CCCN(C(=O)c2ccc3c(c2)CCCO3)CC1. The Labute approximate surface area is 158 Å². The second kappa shape index (κ2) is 7.78. The van der Waals surface area contributed by atoms with Crippen LogP contribution in [-0.2, 0) is 6.42 Å². The van der Waals surface area contributed by atoms with Crippen molar-refractivity contribution in [1.82, 2.24) is 14.8 Å². The number of amides is 2. The third kappa shape index (κ3) is 3.79. The number of aryl methyl sites for hydroxylation is 1. The molecule has 140 valence electrons. The molecular weight excluding hydrogens is 342 g/mol. The highest BCUT2D eigenvalue weighted by Crippen LogP contribution is 2.26. The number of nitrogens with zero attached hydrogens (tertiary/aromatic N) is 3. The van der Waals surface area contributed by atoms with Crippen LogP contribution in [0.1, 0.15) is 39.1 Å². The standard InChI is InChI=1S/C21H23N3O3/c25-20(17-6-7-19-16(14-17)5-2-13-27-19)23-9-3-10-24(12-11-23)21(26)18-4-1-8-22-15-18/h1,4,6-8,14-15H,2-3,5,9-13H2. The van der Waals surface area contributed by atoms with Gasteiger partial charge in [0.25, 0.3) is 11.8 Å². The molecule has 2 aromatic rings. The number of rotatable bonds is 2. The minimum atomic E-state index is -0.0247. The Hall–Kier alpha value is -2.89. The largest absolute Gasteiger partial charge is 0.493 e. The molecule has 4 rings (SSSR count). The maximum atomic E-state index is 13.0. The van der Waals surface area contributed by atoms with E-state index in [-0.39, 0.29) is 11.8 Å². The van der Waals surface area contributed by atoms with Crippen LogP contribution in [0.3, 0.4) is 0 Å². The second-order valence-electron chi connectivity index (χ2n) is 6.95. The van der Waals surface area contributed by atoms with Crippen molar-refractivity contribution in [1.29, 1.82) is 0 Å². The predicted octanol–water partition coefficient (Wildman–Crippen LogP) is 2.39. The molecule has 0 unspecified atom stereocenters. The summed E-state index contributed by atoms with van der Waals surface area (Å²) in [5, 5.41) is 0. The van der Waals surface area contributed by atoms with Crippen LogP contribution in [0.5, 0.6) is 5.75 Å². The fourth-order valence-corrected chi connectivity index (χ4v) is 3.67. The average molecular weight is 365 g/mol. The van der Waals surface area contributed by atoms with Crippen LogP contribution in [0.4, 0.5) is 0 Å². The first kappa shape index (κ1) is 17.5. The highest BCUT2D eigenvalue weighted by molar-refractivity contribution is 5.95. The molecule has 0 spiro atoms. The van der Waals surface area contributed by atoms with Gasteiger partial charge in [0, 0.05) is 44.1 Å². The normalized spacial score (nSPS) is 16.9. The quantitative estimate of drug-likeness (QED) is 0.820. The monoisotopic (exact) mass is 365 g/mol. The first-order chi connectivity index (χ1) is 13.2. The second-order valence-corrected chi connectivity index (χ2v) is 6.95. The lowest BCUT2D eigenvalue weighted by Gasteiger charge is -2.23. The zero-order valence-corrected chi connectivity index (χ0v) is 15.3. The van der Waals surface area contributed by atoms with E-state index in [1.807, 2.05) is 28.0 Å². The molecule has 0 bridgehead atoms. The average Bonchev–Trinajstić information content (AvgIpc) is 2.99. The molecular formula is C21H23N3O3. The molecule has 27 heavy (non-hydrogen) atoms. The molecule has 0 saturated carbocycles. The summed E-state index contributed by atoms with van der Waals surface area (Å²) < 4.78 is 5.63. The molecule has 2 amide bonds. The smallest absolute Gasteiger partial charge is 0.255 e. The number of fused-ring (bicyclic) bond motifs is 1. The zero-order valence-electron chi connectivity index (χ0n) is 15.3. The molecule has 1 fully saturated rings. The van der Waals surface area contributed by atoms with Crippen molar-refractivity contribution >= 4 is 11.8 Å². The van der Waals surface area contributed by atoms with Gasteiger partial charge in [-0.2, -0.15) is 0 Å². The third-order valence-corrected chi connectivity index (χ3v) is 5.13. The van der Waals surface area contributed by atoms with E-state index in [2.05, 4.69) is 4.98 Å². The lowest BCUT2D eigenvalue weighted by molar-refractivity contribution is 0.0718. The molecule has 6 heteroatoms. The molecule has 2 aliphatic heterocycles. The Kier molecular flexibility index (Phi) is 5.05. The van der Waals surface area contributed by atoms with E-state index < -0.39 is 0 Å². The predicted molar refractivity (Wildman–Crippen MR) is 101 cm³/mol. The van der Waals surface area contributed by atoms with Crippen LogP contribution in [0.2, 0.25) is 0 Å². The van der Waals surface area contributed by atoms with E-state index in [1.165, 1.54) is 0 Å². The summed E-state index contributed by atoms with van der Waals surface area (Å²) in [6.45, 7) is 3.12. The maximum absolute atomic E-state index is 13.0. The fraction of sp³-hybridized carbons (Fsp3) is 0.381. The van der Waals surface area contributed by atoms with E-state index in [4.69, 9.17) is 4.74 Å². The molecule has 3 heterocycles. The van der Waals surface area contributed by atoms with Crippen LogP contribution >= 0.6 is 0 Å². The molecule has 0 N–H and O–H groups in total. The van der Waals surface area contributed by atoms with Crippen LogP contribution in [0, 0.1) is 0 Å². The molecule has 1 saturated heterocycles. The first-order valence-electron chi connectivity index (χ1n) is 9.47. The minimum absolute atomic E-state index is 0.0247. The molecule has 1 aromatic heterocycles. The third-order valence-electron chi connectivity index (χ3n) is 5.13. The van der Waals surface area contributed by atoms with Gasteiger partial charge in [-0.05, 0) is 55.2 Å². The molecule has 2 aliphatic rings. The lowest BCUT2D eigenvalue weighted by atomic mass is 10.0. The van der Waals surface area contributed by atoms with Gasteiger partial charge in [0.1, 0.15) is 5.75 Å². The van der Waals surface area contributed by atoms with Crippen molar-refractivity contribution in [3.05, 3.63) is 59.4 Å². The summed E-state index contributed by atoms with van der Waals surface area (Å²) in [7, 11) is 0. The Morgan fingerprint density at radius 3 is 2.44 bits per heavy atom. The number of hydrogen-bond donors (Lipinski definition) is 0. The van der Waals surface area contributed by atoms with Crippen molar-refractivity contribution in [2.24, 2.45) is 0 Å². The van der Waals surface area contributed by atoms with E-state index in [9.17, 15) is 9.59 Å². The number of carbonyl (C=O) groups is 2. The fourth-order valence-electron chi connectivity index (χ4n) is 3.67. The van der Waals surface area contributed by atoms with Gasteiger partial charge < -0.3 is 14.5 Å². The molecule has 6 nitrogen and oxygen atoms in total. The summed E-state index contributed by atoms with van der Waals surface area (Å²) >= 11 is 0. The molecule has 0 aliphatic carbocycles.